The second-order valence-electron chi connectivity index (χ2n) is 7.41. The Hall–Kier alpha value is -2.24. The number of anilines is 1. The first-order valence-corrected chi connectivity index (χ1v) is 13.1. The molecule has 31 heavy (non-hydrogen) atoms. The Morgan fingerprint density at radius 2 is 2.03 bits per heavy atom. The molecule has 1 aromatic carbocycles. The molecule has 4 aromatic rings. The molecular formula is C21H22N5O2S3. The van der Waals surface area contributed by atoms with E-state index < -0.39 is 10.0 Å². The Kier molecular flexibility index (Phi) is 5.57. The number of piperazine rings is 1. The molecule has 0 unspecified atom stereocenters. The fourth-order valence-corrected chi connectivity index (χ4v) is 7.02. The summed E-state index contributed by atoms with van der Waals surface area (Å²) in [5, 5.41) is 8.03. The highest BCUT2D eigenvalue weighted by Crippen LogP contribution is 2.34. The quantitative estimate of drug-likeness (QED) is 0.465. The largest absolute Gasteiger partial charge is 0.351 e. The normalized spacial score (nSPS) is 15.5. The molecule has 4 heterocycles. The molecule has 1 aliphatic rings. The first-order valence-electron chi connectivity index (χ1n) is 9.97. The third-order valence-corrected chi connectivity index (χ3v) is 9.56. The maximum atomic E-state index is 13.0. The van der Waals surface area contributed by atoms with Crippen molar-refractivity contribution >= 4 is 49.3 Å². The maximum absolute atomic E-state index is 13.0. The van der Waals surface area contributed by atoms with Gasteiger partial charge in [-0.2, -0.15) is 0 Å². The van der Waals surface area contributed by atoms with E-state index in [1.165, 1.54) is 20.5 Å². The van der Waals surface area contributed by atoms with E-state index in [0.29, 0.717) is 9.90 Å². The Bertz CT molecular complexity index is 1290. The van der Waals surface area contributed by atoms with Crippen molar-refractivity contribution in [1.82, 2.24) is 20.2 Å². The van der Waals surface area contributed by atoms with E-state index >= 15 is 0 Å². The zero-order valence-electron chi connectivity index (χ0n) is 17.0. The maximum Gasteiger partial charge on any atom is 0.273 e. The number of hydrogen-bond donors (Lipinski definition) is 1. The average Bonchev–Trinajstić information content (AvgIpc) is 3.53. The lowest BCUT2D eigenvalue weighted by atomic mass is 10.2. The molecule has 0 atom stereocenters. The van der Waals surface area contributed by atoms with Gasteiger partial charge in [0.25, 0.3) is 10.0 Å². The molecule has 3 aromatic heterocycles. The first-order chi connectivity index (χ1) is 15.0. The van der Waals surface area contributed by atoms with Crippen LogP contribution in [0.3, 0.4) is 0 Å². The predicted molar refractivity (Wildman–Crippen MR) is 126 cm³/mol. The summed E-state index contributed by atoms with van der Waals surface area (Å²) < 4.78 is 27.7. The highest BCUT2D eigenvalue weighted by atomic mass is 32.2. The number of hydrogen-bond acceptors (Lipinski definition) is 6. The van der Waals surface area contributed by atoms with Crippen molar-refractivity contribution in [3.05, 3.63) is 52.9 Å². The van der Waals surface area contributed by atoms with Crippen molar-refractivity contribution in [2.75, 3.05) is 37.5 Å². The highest BCUT2D eigenvalue weighted by Gasteiger charge is 2.24. The van der Waals surface area contributed by atoms with E-state index in [1.54, 1.807) is 35.9 Å². The van der Waals surface area contributed by atoms with Gasteiger partial charge in [-0.05, 0) is 23.6 Å². The third kappa shape index (κ3) is 4.01. The molecule has 7 nitrogen and oxygen atoms in total. The van der Waals surface area contributed by atoms with E-state index in [4.69, 9.17) is 0 Å². The molecule has 10 heteroatoms. The molecule has 1 aliphatic heterocycles. The highest BCUT2D eigenvalue weighted by molar-refractivity contribution is 7.94. The molecular weight excluding hydrogens is 450 g/mol. The molecule has 1 fully saturated rings. The molecule has 0 amide bonds. The number of thiazole rings is 1. The van der Waals surface area contributed by atoms with Gasteiger partial charge in [0.15, 0.2) is 0 Å². The number of benzene rings is 1. The number of rotatable bonds is 6. The van der Waals surface area contributed by atoms with Crippen LogP contribution < -0.4 is 9.62 Å². The van der Waals surface area contributed by atoms with Crippen LogP contribution >= 0.6 is 22.7 Å². The smallest absolute Gasteiger partial charge is 0.273 e. The van der Waals surface area contributed by atoms with Gasteiger partial charge in [-0.25, -0.2) is 18.7 Å². The third-order valence-electron chi connectivity index (χ3n) is 5.40. The zero-order chi connectivity index (χ0) is 21.4. The predicted octanol–water partition coefficient (Wildman–Crippen LogP) is 3.60. The number of sulfonamides is 1. The van der Waals surface area contributed by atoms with Gasteiger partial charge in [0.1, 0.15) is 9.22 Å². The summed E-state index contributed by atoms with van der Waals surface area (Å²) >= 11 is 2.89. The van der Waals surface area contributed by atoms with Crippen LogP contribution in [0.15, 0.2) is 52.2 Å². The lowest BCUT2D eigenvalue weighted by Gasteiger charge is -2.25. The number of H-pyrrole nitrogens is 1. The van der Waals surface area contributed by atoms with E-state index in [2.05, 4.69) is 20.2 Å². The number of nitrogens with one attached hydrogen (secondary N) is 1. The average molecular weight is 473 g/mol. The summed E-state index contributed by atoms with van der Waals surface area (Å²) in [5.41, 5.74) is 2.30. The minimum Gasteiger partial charge on any atom is -0.351 e. The van der Waals surface area contributed by atoms with Crippen molar-refractivity contribution in [2.24, 2.45) is 0 Å². The standard InChI is InChI=1S/C21H22N5O2S3/c1-25(31(27,28)19-6-3-11-29-19)18-5-2-4-15-12-17(24-20(15)18)21-23-13-16(30-21)14-26-9-7-22-8-10-26/h2-6,11-13,24H,7-10,14H2,1H3. The number of para-hydroxylation sites is 1. The van der Waals surface area contributed by atoms with Crippen LogP contribution in [0.25, 0.3) is 21.6 Å². The fraction of sp³-hybridized carbons (Fsp3) is 0.286. The van der Waals surface area contributed by atoms with Gasteiger partial charge in [-0.15, -0.1) is 22.7 Å². The summed E-state index contributed by atoms with van der Waals surface area (Å²) in [4.78, 5) is 11.6. The number of fused-ring (bicyclic) bond motifs is 1. The van der Waals surface area contributed by atoms with Crippen LogP contribution in [-0.4, -0.2) is 56.5 Å². The van der Waals surface area contributed by atoms with Crippen LogP contribution in [0.4, 0.5) is 5.69 Å². The summed E-state index contributed by atoms with van der Waals surface area (Å²) in [5.74, 6) is 0. The summed E-state index contributed by atoms with van der Waals surface area (Å²) in [7, 11) is -2.01. The lowest BCUT2D eigenvalue weighted by Crippen LogP contribution is -2.39. The van der Waals surface area contributed by atoms with Gasteiger partial charge >= 0.3 is 0 Å². The number of aromatic amines is 1. The Labute approximate surface area is 189 Å². The molecule has 1 radical (unpaired) electrons. The summed E-state index contributed by atoms with van der Waals surface area (Å²) in [6.45, 7) is 4.68. The minimum absolute atomic E-state index is 0.328. The Balaban J connectivity index is 1.45. The second kappa shape index (κ2) is 8.36. The SMILES string of the molecule is CN(c1cccc2cc(-c3ncc(CN4CC[N]CC4)s3)[nH]c12)S(=O)(=O)c1cccs1. The molecule has 0 saturated carbocycles. The van der Waals surface area contributed by atoms with E-state index in [0.717, 1.165) is 54.3 Å². The fourth-order valence-electron chi connectivity index (χ4n) is 3.72. The molecule has 1 saturated heterocycles. The van der Waals surface area contributed by atoms with Gasteiger partial charge in [0.2, 0.25) is 0 Å². The van der Waals surface area contributed by atoms with Crippen LogP contribution in [0.1, 0.15) is 4.88 Å². The summed E-state index contributed by atoms with van der Waals surface area (Å²) in [6.07, 6.45) is 1.94. The van der Waals surface area contributed by atoms with Gasteiger partial charge < -0.3 is 4.98 Å². The summed E-state index contributed by atoms with van der Waals surface area (Å²) in [6, 6.07) is 11.1. The van der Waals surface area contributed by atoms with Crippen molar-refractivity contribution in [3.8, 4) is 10.7 Å². The van der Waals surface area contributed by atoms with Crippen molar-refractivity contribution < 1.29 is 8.42 Å². The molecule has 0 aliphatic carbocycles. The number of thiophene rings is 1. The van der Waals surface area contributed by atoms with E-state index in [9.17, 15) is 8.42 Å². The monoisotopic (exact) mass is 472 g/mol. The molecule has 161 valence electrons. The van der Waals surface area contributed by atoms with Gasteiger partial charge in [-0.3, -0.25) is 9.21 Å². The van der Waals surface area contributed by atoms with Crippen LogP contribution in [-0.2, 0) is 16.6 Å². The lowest BCUT2D eigenvalue weighted by molar-refractivity contribution is 0.232. The second-order valence-corrected chi connectivity index (χ2v) is 11.7. The molecule has 0 bridgehead atoms. The molecule has 0 spiro atoms. The topological polar surface area (TPSA) is 83.4 Å². The van der Waals surface area contributed by atoms with Gasteiger partial charge in [0, 0.05) is 56.2 Å². The van der Waals surface area contributed by atoms with Crippen molar-refractivity contribution in [1.29, 1.82) is 0 Å². The van der Waals surface area contributed by atoms with Gasteiger partial charge in [-0.1, -0.05) is 18.2 Å². The van der Waals surface area contributed by atoms with Gasteiger partial charge in [0.05, 0.1) is 16.9 Å². The molecule has 5 rings (SSSR count). The molecule has 1 N–H and O–H groups in total. The Morgan fingerprint density at radius 3 is 2.81 bits per heavy atom. The first kappa shape index (κ1) is 20.7. The van der Waals surface area contributed by atoms with E-state index in [1.807, 2.05) is 30.5 Å². The van der Waals surface area contributed by atoms with Crippen molar-refractivity contribution in [3.63, 3.8) is 0 Å². The number of nitrogens with zero attached hydrogens (tertiary/aromatic N) is 4. The van der Waals surface area contributed by atoms with Crippen molar-refractivity contribution in [2.45, 2.75) is 10.8 Å². The van der Waals surface area contributed by atoms with Crippen LogP contribution in [0.5, 0.6) is 0 Å². The van der Waals surface area contributed by atoms with Crippen LogP contribution in [0.2, 0.25) is 0 Å². The van der Waals surface area contributed by atoms with Crippen LogP contribution in [0, 0.1) is 0 Å². The zero-order valence-corrected chi connectivity index (χ0v) is 19.4. The van der Waals surface area contributed by atoms with E-state index in [-0.39, 0.29) is 0 Å². The number of aromatic nitrogens is 2. The minimum atomic E-state index is -3.60. The Morgan fingerprint density at radius 1 is 1.19 bits per heavy atom.